The van der Waals surface area contributed by atoms with Crippen LogP contribution in [0.5, 0.6) is 0 Å². The van der Waals surface area contributed by atoms with E-state index in [-0.39, 0.29) is 23.3 Å². The molecule has 1 aliphatic heterocycles. The average Bonchev–Trinajstić information content (AvgIpc) is 3.39. The first-order valence-corrected chi connectivity index (χ1v) is 11.4. The predicted octanol–water partition coefficient (Wildman–Crippen LogP) is 2.61. The van der Waals surface area contributed by atoms with Crippen LogP contribution in [0.4, 0.5) is 5.82 Å². The summed E-state index contributed by atoms with van der Waals surface area (Å²) in [6.07, 6.45) is 2.71. The van der Waals surface area contributed by atoms with Gasteiger partial charge in [0.15, 0.2) is 0 Å². The number of nitrogen functional groups attached to an aromatic ring is 1. The van der Waals surface area contributed by atoms with Crippen LogP contribution in [0.25, 0.3) is 11.3 Å². The first-order chi connectivity index (χ1) is 15.9. The van der Waals surface area contributed by atoms with Crippen LogP contribution in [0.2, 0.25) is 0 Å². The monoisotopic (exact) mass is 449 g/mol. The molecule has 0 atom stereocenters. The van der Waals surface area contributed by atoms with Crippen molar-refractivity contribution in [3.05, 3.63) is 35.4 Å². The van der Waals surface area contributed by atoms with E-state index < -0.39 is 0 Å². The molecule has 8 heteroatoms. The lowest BCUT2D eigenvalue weighted by molar-refractivity contribution is -0.125. The molecule has 8 nitrogen and oxygen atoms in total. The van der Waals surface area contributed by atoms with Gasteiger partial charge in [0.2, 0.25) is 0 Å². The Morgan fingerprint density at radius 2 is 2.03 bits per heavy atom. The maximum Gasteiger partial charge on any atom is 0.298 e. The smallest absolute Gasteiger partial charge is 0.298 e. The standard InChI is InChI=1S/C25H31N5O3/c1-4-6-20(31)29-12-11-25(16-29)13-19(14-25)30-23(26)21(24(32)27-3)22(28-30)18-9-7-17(8-10-18)15-33-5-2/h7-10,19H,5,11-16,26H2,1-3H3,(H,27,32). The highest BCUT2D eigenvalue weighted by atomic mass is 16.5. The van der Waals surface area contributed by atoms with Crippen molar-refractivity contribution in [3.8, 4) is 23.1 Å². The van der Waals surface area contributed by atoms with Gasteiger partial charge in [-0.1, -0.05) is 30.2 Å². The Hall–Kier alpha value is -3.31. The molecule has 1 spiro atoms. The second-order valence-corrected chi connectivity index (χ2v) is 8.88. The van der Waals surface area contributed by atoms with Crippen LogP contribution in [0.3, 0.4) is 0 Å². The van der Waals surface area contributed by atoms with Crippen LogP contribution in [-0.4, -0.2) is 53.2 Å². The Morgan fingerprint density at radius 1 is 1.30 bits per heavy atom. The van der Waals surface area contributed by atoms with Crippen LogP contribution < -0.4 is 11.1 Å². The molecule has 3 N–H and O–H groups in total. The van der Waals surface area contributed by atoms with Crippen LogP contribution >= 0.6 is 0 Å². The molecular weight excluding hydrogens is 418 g/mol. The number of nitrogens with one attached hydrogen (secondary N) is 1. The summed E-state index contributed by atoms with van der Waals surface area (Å²) in [6.45, 7) is 6.29. The van der Waals surface area contributed by atoms with Crippen molar-refractivity contribution in [3.63, 3.8) is 0 Å². The molecule has 2 aromatic rings. The summed E-state index contributed by atoms with van der Waals surface area (Å²) in [5.74, 6) is 5.35. The Bertz CT molecular complexity index is 1100. The number of ether oxygens (including phenoxy) is 1. The van der Waals surface area contributed by atoms with E-state index in [1.165, 1.54) is 0 Å². The highest BCUT2D eigenvalue weighted by Gasteiger charge is 2.51. The third kappa shape index (κ3) is 4.33. The number of anilines is 1. The second kappa shape index (κ2) is 9.28. The van der Waals surface area contributed by atoms with Crippen molar-refractivity contribution in [2.45, 2.75) is 45.8 Å². The number of amides is 2. The van der Waals surface area contributed by atoms with Crippen molar-refractivity contribution < 1.29 is 14.3 Å². The zero-order valence-electron chi connectivity index (χ0n) is 19.5. The van der Waals surface area contributed by atoms with Gasteiger partial charge in [-0.2, -0.15) is 5.10 Å². The molecule has 2 fully saturated rings. The van der Waals surface area contributed by atoms with Crippen molar-refractivity contribution >= 4 is 17.6 Å². The SMILES string of the molecule is CC#CC(=O)N1CCC2(CC(n3nc(-c4ccc(COCC)cc4)c(C(=O)NC)c3N)C2)C1. The minimum Gasteiger partial charge on any atom is -0.383 e. The van der Waals surface area contributed by atoms with E-state index in [9.17, 15) is 9.59 Å². The largest absolute Gasteiger partial charge is 0.383 e. The number of carbonyl (C=O) groups excluding carboxylic acids is 2. The van der Waals surface area contributed by atoms with Gasteiger partial charge in [-0.25, -0.2) is 4.68 Å². The van der Waals surface area contributed by atoms with E-state index in [2.05, 4.69) is 17.2 Å². The van der Waals surface area contributed by atoms with E-state index in [0.29, 0.717) is 36.8 Å². The molecule has 1 aliphatic carbocycles. The number of nitrogens with zero attached hydrogens (tertiary/aromatic N) is 3. The van der Waals surface area contributed by atoms with E-state index in [0.717, 1.165) is 36.9 Å². The van der Waals surface area contributed by atoms with Crippen molar-refractivity contribution in [2.75, 3.05) is 32.5 Å². The minimum absolute atomic E-state index is 0.0857. The third-order valence-electron chi connectivity index (χ3n) is 6.74. The number of aromatic nitrogens is 2. The van der Waals surface area contributed by atoms with Gasteiger partial charge < -0.3 is 20.7 Å². The van der Waals surface area contributed by atoms with Gasteiger partial charge >= 0.3 is 0 Å². The normalized spacial score (nSPS) is 21.4. The number of hydrogen-bond acceptors (Lipinski definition) is 5. The third-order valence-corrected chi connectivity index (χ3v) is 6.74. The quantitative estimate of drug-likeness (QED) is 0.660. The number of hydrogen-bond donors (Lipinski definition) is 2. The fourth-order valence-electron chi connectivity index (χ4n) is 5.00. The van der Waals surface area contributed by atoms with Gasteiger partial charge in [0, 0.05) is 32.3 Å². The first kappa shape index (κ1) is 22.9. The maximum atomic E-state index is 12.7. The first-order valence-electron chi connectivity index (χ1n) is 11.4. The summed E-state index contributed by atoms with van der Waals surface area (Å²) < 4.78 is 7.27. The highest BCUT2D eigenvalue weighted by molar-refractivity contribution is 6.04. The summed E-state index contributed by atoms with van der Waals surface area (Å²) in [6, 6.07) is 7.96. The minimum atomic E-state index is -0.253. The van der Waals surface area contributed by atoms with Crippen LogP contribution in [-0.2, 0) is 16.1 Å². The maximum absolute atomic E-state index is 12.7. The van der Waals surface area contributed by atoms with E-state index in [4.69, 9.17) is 15.6 Å². The lowest BCUT2D eigenvalue weighted by Crippen LogP contribution is -2.42. The summed E-state index contributed by atoms with van der Waals surface area (Å²) in [5, 5.41) is 7.49. The molecule has 0 bridgehead atoms. The van der Waals surface area contributed by atoms with Gasteiger partial charge in [-0.15, -0.1) is 0 Å². The van der Waals surface area contributed by atoms with E-state index in [1.807, 2.05) is 36.1 Å². The molecular formula is C25H31N5O3. The van der Waals surface area contributed by atoms with E-state index in [1.54, 1.807) is 18.7 Å². The van der Waals surface area contributed by atoms with Gasteiger partial charge in [0.1, 0.15) is 17.1 Å². The molecule has 174 valence electrons. The second-order valence-electron chi connectivity index (χ2n) is 8.88. The zero-order valence-corrected chi connectivity index (χ0v) is 19.5. The molecule has 2 heterocycles. The molecule has 4 rings (SSSR count). The van der Waals surface area contributed by atoms with Crippen LogP contribution in [0, 0.1) is 17.3 Å². The molecule has 2 amide bonds. The summed E-state index contributed by atoms with van der Waals surface area (Å²) in [5.41, 5.74) is 9.43. The predicted molar refractivity (Wildman–Crippen MR) is 126 cm³/mol. The van der Waals surface area contributed by atoms with Crippen LogP contribution in [0.15, 0.2) is 24.3 Å². The number of likely N-dealkylation sites (tertiary alicyclic amines) is 1. The lowest BCUT2D eigenvalue weighted by Gasteiger charge is -2.45. The molecule has 0 radical (unpaired) electrons. The topological polar surface area (TPSA) is 102 Å². The Morgan fingerprint density at radius 3 is 2.67 bits per heavy atom. The molecule has 1 saturated heterocycles. The number of rotatable bonds is 6. The van der Waals surface area contributed by atoms with E-state index >= 15 is 0 Å². The molecule has 33 heavy (non-hydrogen) atoms. The number of carbonyl (C=O) groups is 2. The average molecular weight is 450 g/mol. The van der Waals surface area contributed by atoms with Gasteiger partial charge in [0.25, 0.3) is 11.8 Å². The summed E-state index contributed by atoms with van der Waals surface area (Å²) in [7, 11) is 1.59. The van der Waals surface area contributed by atoms with Gasteiger partial charge in [-0.3, -0.25) is 9.59 Å². The number of nitrogens with two attached hydrogens (primary N) is 1. The fourth-order valence-corrected chi connectivity index (χ4v) is 5.00. The van der Waals surface area contributed by atoms with Crippen molar-refractivity contribution in [2.24, 2.45) is 5.41 Å². The molecule has 1 aromatic carbocycles. The fraction of sp³-hybridized carbons (Fsp3) is 0.480. The molecule has 0 unspecified atom stereocenters. The van der Waals surface area contributed by atoms with Crippen molar-refractivity contribution in [1.82, 2.24) is 20.0 Å². The Kier molecular flexibility index (Phi) is 6.43. The molecule has 2 aliphatic rings. The van der Waals surface area contributed by atoms with Crippen LogP contribution in [0.1, 0.15) is 55.1 Å². The summed E-state index contributed by atoms with van der Waals surface area (Å²) in [4.78, 5) is 26.7. The molecule has 1 aromatic heterocycles. The Labute approximate surface area is 194 Å². The zero-order chi connectivity index (χ0) is 23.6. The van der Waals surface area contributed by atoms with Gasteiger partial charge in [0.05, 0.1) is 12.6 Å². The molecule has 1 saturated carbocycles. The van der Waals surface area contributed by atoms with Crippen molar-refractivity contribution in [1.29, 1.82) is 0 Å². The van der Waals surface area contributed by atoms with Gasteiger partial charge in [-0.05, 0) is 50.0 Å². The highest BCUT2D eigenvalue weighted by Crippen LogP contribution is 2.54. The Balaban J connectivity index is 1.56. The summed E-state index contributed by atoms with van der Waals surface area (Å²) >= 11 is 0. The lowest BCUT2D eigenvalue weighted by atomic mass is 9.65. The number of benzene rings is 1.